The Hall–Kier alpha value is -1.95. The standard InChI is InChI=1S/C17H20N4O2/c22-16(19-10-5-6-10)11-8-13(9-3-4-9)20-17-14(11)15(21-23-17)12-2-1-7-18-12/h8-10,12,18H,1-7H2,(H,19,22). The van der Waals surface area contributed by atoms with Gasteiger partial charge < -0.3 is 15.2 Å². The highest BCUT2D eigenvalue weighted by Crippen LogP contribution is 2.41. The summed E-state index contributed by atoms with van der Waals surface area (Å²) in [6, 6.07) is 2.47. The number of pyridine rings is 1. The van der Waals surface area contributed by atoms with Gasteiger partial charge in [-0.25, -0.2) is 4.98 Å². The van der Waals surface area contributed by atoms with E-state index in [2.05, 4.69) is 20.8 Å². The van der Waals surface area contributed by atoms with Gasteiger partial charge in [0, 0.05) is 17.7 Å². The molecule has 2 saturated carbocycles. The topological polar surface area (TPSA) is 80.1 Å². The first-order chi connectivity index (χ1) is 11.3. The fourth-order valence-electron chi connectivity index (χ4n) is 3.41. The molecular formula is C17H20N4O2. The highest BCUT2D eigenvalue weighted by atomic mass is 16.5. The Kier molecular flexibility index (Phi) is 2.95. The summed E-state index contributed by atoms with van der Waals surface area (Å²) in [5, 5.41) is 11.6. The summed E-state index contributed by atoms with van der Waals surface area (Å²) in [7, 11) is 0. The maximum atomic E-state index is 12.7. The first kappa shape index (κ1) is 13.5. The van der Waals surface area contributed by atoms with Gasteiger partial charge in [-0.3, -0.25) is 4.79 Å². The smallest absolute Gasteiger partial charge is 0.259 e. The Labute approximate surface area is 134 Å². The molecule has 6 heteroatoms. The molecule has 1 aliphatic heterocycles. The van der Waals surface area contributed by atoms with E-state index in [0.717, 1.165) is 61.8 Å². The van der Waals surface area contributed by atoms with Crippen LogP contribution in [0.25, 0.3) is 11.1 Å². The molecule has 2 N–H and O–H groups in total. The number of hydrogen-bond donors (Lipinski definition) is 2. The Bertz CT molecular complexity index is 770. The quantitative estimate of drug-likeness (QED) is 0.906. The fraction of sp³-hybridized carbons (Fsp3) is 0.588. The molecule has 1 saturated heterocycles. The Morgan fingerprint density at radius 2 is 2.13 bits per heavy atom. The van der Waals surface area contributed by atoms with Gasteiger partial charge in [-0.05, 0) is 51.1 Å². The number of rotatable bonds is 4. The summed E-state index contributed by atoms with van der Waals surface area (Å²) in [6.07, 6.45) is 6.60. The normalized spacial score (nSPS) is 24.3. The molecule has 1 amide bonds. The molecule has 23 heavy (non-hydrogen) atoms. The number of nitrogens with zero attached hydrogens (tertiary/aromatic N) is 2. The van der Waals surface area contributed by atoms with Gasteiger partial charge >= 0.3 is 0 Å². The summed E-state index contributed by atoms with van der Waals surface area (Å²) in [5.41, 5.74) is 3.02. The van der Waals surface area contributed by atoms with Crippen LogP contribution >= 0.6 is 0 Å². The van der Waals surface area contributed by atoms with E-state index in [1.165, 1.54) is 0 Å². The van der Waals surface area contributed by atoms with E-state index < -0.39 is 0 Å². The molecule has 3 fully saturated rings. The third kappa shape index (κ3) is 2.41. The van der Waals surface area contributed by atoms with Gasteiger partial charge in [0.2, 0.25) is 0 Å². The number of hydrogen-bond acceptors (Lipinski definition) is 5. The average molecular weight is 312 g/mol. The highest BCUT2D eigenvalue weighted by molar-refractivity contribution is 6.06. The maximum absolute atomic E-state index is 12.7. The molecule has 1 atom stereocenters. The third-order valence-electron chi connectivity index (χ3n) is 5.04. The molecule has 1 unspecified atom stereocenters. The number of amides is 1. The predicted octanol–water partition coefficient (Wildman–Crippen LogP) is 2.42. The average Bonchev–Trinajstić information content (AvgIpc) is 3.46. The van der Waals surface area contributed by atoms with Crippen molar-refractivity contribution in [3.05, 3.63) is 23.0 Å². The lowest BCUT2D eigenvalue weighted by molar-refractivity contribution is 0.0952. The second kappa shape index (κ2) is 5.03. The van der Waals surface area contributed by atoms with E-state index in [9.17, 15) is 4.79 Å². The second-order valence-corrected chi connectivity index (χ2v) is 7.01. The highest BCUT2D eigenvalue weighted by Gasteiger charge is 2.32. The Balaban J connectivity index is 1.63. The van der Waals surface area contributed by atoms with Gasteiger partial charge in [0.1, 0.15) is 5.69 Å². The van der Waals surface area contributed by atoms with E-state index in [1.54, 1.807) is 0 Å². The minimum Gasteiger partial charge on any atom is -0.349 e. The van der Waals surface area contributed by atoms with E-state index >= 15 is 0 Å². The summed E-state index contributed by atoms with van der Waals surface area (Å²) >= 11 is 0. The minimum atomic E-state index is -0.00996. The molecule has 3 heterocycles. The third-order valence-corrected chi connectivity index (χ3v) is 5.04. The van der Waals surface area contributed by atoms with Gasteiger partial charge in [-0.1, -0.05) is 5.16 Å². The maximum Gasteiger partial charge on any atom is 0.259 e. The van der Waals surface area contributed by atoms with Crippen molar-refractivity contribution in [2.24, 2.45) is 0 Å². The molecule has 120 valence electrons. The zero-order valence-corrected chi connectivity index (χ0v) is 13.0. The fourth-order valence-corrected chi connectivity index (χ4v) is 3.41. The number of nitrogens with one attached hydrogen (secondary N) is 2. The van der Waals surface area contributed by atoms with Crippen LogP contribution in [0.2, 0.25) is 0 Å². The predicted molar refractivity (Wildman–Crippen MR) is 84.2 cm³/mol. The molecule has 5 rings (SSSR count). The van der Waals surface area contributed by atoms with Crippen molar-refractivity contribution < 1.29 is 9.32 Å². The molecule has 2 aromatic heterocycles. The van der Waals surface area contributed by atoms with E-state index in [-0.39, 0.29) is 11.9 Å². The van der Waals surface area contributed by atoms with Crippen LogP contribution in [0.3, 0.4) is 0 Å². The van der Waals surface area contributed by atoms with Gasteiger partial charge in [0.25, 0.3) is 11.6 Å². The van der Waals surface area contributed by atoms with Crippen molar-refractivity contribution >= 4 is 17.0 Å². The SMILES string of the molecule is O=C(NC1CC1)c1cc(C2CC2)nc2onc(C3CCCN3)c12. The van der Waals surface area contributed by atoms with Crippen molar-refractivity contribution in [1.29, 1.82) is 0 Å². The number of carbonyl (C=O) groups is 1. The zero-order valence-electron chi connectivity index (χ0n) is 13.0. The van der Waals surface area contributed by atoms with Crippen LogP contribution in [0.15, 0.2) is 10.6 Å². The lowest BCUT2D eigenvalue weighted by Gasteiger charge is -2.10. The monoisotopic (exact) mass is 312 g/mol. The second-order valence-electron chi connectivity index (χ2n) is 7.01. The number of carbonyl (C=O) groups excluding carboxylic acids is 1. The Morgan fingerprint density at radius 3 is 2.83 bits per heavy atom. The van der Waals surface area contributed by atoms with Crippen molar-refractivity contribution in [2.45, 2.75) is 56.5 Å². The minimum absolute atomic E-state index is 0.00996. The van der Waals surface area contributed by atoms with Crippen molar-refractivity contribution in [1.82, 2.24) is 20.8 Å². The summed E-state index contributed by atoms with van der Waals surface area (Å²) < 4.78 is 5.51. The van der Waals surface area contributed by atoms with Gasteiger partial charge in [0.05, 0.1) is 17.0 Å². The van der Waals surface area contributed by atoms with Crippen LogP contribution in [0, 0.1) is 0 Å². The van der Waals surface area contributed by atoms with Crippen LogP contribution in [0.4, 0.5) is 0 Å². The van der Waals surface area contributed by atoms with Crippen LogP contribution in [-0.2, 0) is 0 Å². The van der Waals surface area contributed by atoms with Crippen LogP contribution in [0.5, 0.6) is 0 Å². The largest absolute Gasteiger partial charge is 0.349 e. The summed E-state index contributed by atoms with van der Waals surface area (Å²) in [5.74, 6) is 0.467. The zero-order chi connectivity index (χ0) is 15.4. The van der Waals surface area contributed by atoms with Crippen molar-refractivity contribution in [3.8, 4) is 0 Å². The Morgan fingerprint density at radius 1 is 1.26 bits per heavy atom. The molecule has 0 spiro atoms. The van der Waals surface area contributed by atoms with E-state index in [0.29, 0.717) is 23.2 Å². The molecule has 0 radical (unpaired) electrons. The molecule has 2 aromatic rings. The first-order valence-corrected chi connectivity index (χ1v) is 8.64. The molecule has 6 nitrogen and oxygen atoms in total. The van der Waals surface area contributed by atoms with Crippen molar-refractivity contribution in [2.75, 3.05) is 6.54 Å². The van der Waals surface area contributed by atoms with Crippen LogP contribution in [0.1, 0.15) is 72.2 Å². The molecule has 0 bridgehead atoms. The summed E-state index contributed by atoms with van der Waals surface area (Å²) in [6.45, 7) is 0.982. The number of aromatic nitrogens is 2. The van der Waals surface area contributed by atoms with Gasteiger partial charge in [0.15, 0.2) is 0 Å². The van der Waals surface area contributed by atoms with E-state index in [1.807, 2.05) is 6.07 Å². The lowest BCUT2D eigenvalue weighted by Crippen LogP contribution is -2.26. The van der Waals surface area contributed by atoms with Crippen LogP contribution in [-0.4, -0.2) is 28.6 Å². The lowest BCUT2D eigenvalue weighted by atomic mass is 10.0. The first-order valence-electron chi connectivity index (χ1n) is 8.64. The van der Waals surface area contributed by atoms with Gasteiger partial charge in [-0.15, -0.1) is 0 Å². The number of fused-ring (bicyclic) bond motifs is 1. The van der Waals surface area contributed by atoms with E-state index in [4.69, 9.17) is 4.52 Å². The molecule has 2 aliphatic carbocycles. The molecule has 3 aliphatic rings. The summed E-state index contributed by atoms with van der Waals surface area (Å²) in [4.78, 5) is 17.4. The molecule has 0 aromatic carbocycles. The van der Waals surface area contributed by atoms with Crippen molar-refractivity contribution in [3.63, 3.8) is 0 Å². The molecular weight excluding hydrogens is 292 g/mol. The van der Waals surface area contributed by atoms with Crippen LogP contribution < -0.4 is 10.6 Å². The van der Waals surface area contributed by atoms with Gasteiger partial charge in [-0.2, -0.15) is 0 Å².